The number of esters is 1. The quantitative estimate of drug-likeness (QED) is 0.398. The first-order valence-electron chi connectivity index (χ1n) is 6.96. The van der Waals surface area contributed by atoms with Crippen molar-refractivity contribution in [3.05, 3.63) is 71.3 Å². The Morgan fingerprint density at radius 3 is 2.55 bits per heavy atom. The third-order valence-electron chi connectivity index (χ3n) is 3.06. The Balaban J connectivity index is 2.28. The van der Waals surface area contributed by atoms with Crippen LogP contribution in [0.4, 0.5) is 5.69 Å². The van der Waals surface area contributed by atoms with Gasteiger partial charge in [-0.05, 0) is 30.7 Å². The third-order valence-corrected chi connectivity index (χ3v) is 3.06. The molecular weight excluding hydrogens is 278 g/mol. The molecule has 0 fully saturated rings. The molecule has 0 radical (unpaired) electrons. The fraction of sp³-hybridized carbons (Fsp3) is 0.111. The second-order valence-corrected chi connectivity index (χ2v) is 4.63. The summed E-state index contributed by atoms with van der Waals surface area (Å²) in [6, 6.07) is 14.0. The number of rotatable bonds is 5. The number of carbonyl (C=O) groups is 2. The Bertz CT molecular complexity index is 706. The highest BCUT2D eigenvalue weighted by Gasteiger charge is 2.12. The van der Waals surface area contributed by atoms with Gasteiger partial charge in [-0.25, -0.2) is 4.79 Å². The number of ether oxygens (including phenoxy) is 1. The molecule has 0 spiro atoms. The van der Waals surface area contributed by atoms with Crippen molar-refractivity contribution in [1.29, 1.82) is 0 Å². The van der Waals surface area contributed by atoms with Gasteiger partial charge in [0.2, 0.25) is 0 Å². The van der Waals surface area contributed by atoms with E-state index in [-0.39, 0.29) is 5.78 Å². The molecule has 4 heteroatoms. The Labute approximate surface area is 129 Å². The molecule has 0 saturated carbocycles. The summed E-state index contributed by atoms with van der Waals surface area (Å²) in [5.41, 5.74) is 7.99. The van der Waals surface area contributed by atoms with Gasteiger partial charge in [0, 0.05) is 22.9 Å². The van der Waals surface area contributed by atoms with E-state index in [2.05, 4.69) is 0 Å². The van der Waals surface area contributed by atoms with E-state index in [1.54, 1.807) is 55.5 Å². The zero-order valence-electron chi connectivity index (χ0n) is 12.3. The van der Waals surface area contributed by atoms with Crippen LogP contribution in [0.2, 0.25) is 0 Å². The minimum atomic E-state index is -0.421. The molecule has 2 rings (SSSR count). The molecule has 22 heavy (non-hydrogen) atoms. The van der Waals surface area contributed by atoms with Gasteiger partial charge in [-0.15, -0.1) is 0 Å². The van der Waals surface area contributed by atoms with Crippen molar-refractivity contribution in [1.82, 2.24) is 0 Å². The molecule has 0 aliphatic heterocycles. The standard InChI is InChI=1S/C18H17NO3/c1-2-22-17(20)11-9-13-8-10-16(19)15(12-13)18(21)14-6-4-3-5-7-14/h3-12H,2,19H2,1H3. The van der Waals surface area contributed by atoms with Crippen molar-refractivity contribution in [2.24, 2.45) is 0 Å². The second-order valence-electron chi connectivity index (χ2n) is 4.63. The Morgan fingerprint density at radius 1 is 1.14 bits per heavy atom. The van der Waals surface area contributed by atoms with Crippen LogP contribution in [0.1, 0.15) is 28.4 Å². The van der Waals surface area contributed by atoms with Gasteiger partial charge in [-0.2, -0.15) is 0 Å². The highest BCUT2D eigenvalue weighted by molar-refractivity contribution is 6.12. The minimum Gasteiger partial charge on any atom is -0.463 e. The van der Waals surface area contributed by atoms with Crippen LogP contribution in [0.25, 0.3) is 6.08 Å². The molecule has 0 aliphatic rings. The summed E-state index contributed by atoms with van der Waals surface area (Å²) in [6.07, 6.45) is 2.92. The fourth-order valence-corrected chi connectivity index (χ4v) is 1.97. The summed E-state index contributed by atoms with van der Waals surface area (Å²) < 4.78 is 4.82. The first-order chi connectivity index (χ1) is 10.6. The number of anilines is 1. The van der Waals surface area contributed by atoms with Gasteiger partial charge >= 0.3 is 5.97 Å². The Hall–Kier alpha value is -2.88. The molecule has 2 N–H and O–H groups in total. The maximum Gasteiger partial charge on any atom is 0.330 e. The molecule has 0 atom stereocenters. The lowest BCUT2D eigenvalue weighted by molar-refractivity contribution is -0.137. The third kappa shape index (κ3) is 3.82. The van der Waals surface area contributed by atoms with Gasteiger partial charge < -0.3 is 10.5 Å². The zero-order chi connectivity index (χ0) is 15.9. The molecular formula is C18H17NO3. The molecule has 0 bridgehead atoms. The number of hydrogen-bond acceptors (Lipinski definition) is 4. The number of benzene rings is 2. The van der Waals surface area contributed by atoms with Gasteiger partial charge in [0.1, 0.15) is 0 Å². The van der Waals surface area contributed by atoms with Gasteiger partial charge in [0.05, 0.1) is 6.61 Å². The number of nitrogen functional groups attached to an aromatic ring is 1. The summed E-state index contributed by atoms with van der Waals surface area (Å²) in [5, 5.41) is 0. The van der Waals surface area contributed by atoms with Crippen LogP contribution in [0.5, 0.6) is 0 Å². The lowest BCUT2D eigenvalue weighted by Crippen LogP contribution is -2.05. The average molecular weight is 295 g/mol. The van der Waals surface area contributed by atoms with Crippen molar-refractivity contribution in [2.45, 2.75) is 6.92 Å². The predicted molar refractivity (Wildman–Crippen MR) is 86.4 cm³/mol. The molecule has 0 aliphatic carbocycles. The van der Waals surface area contributed by atoms with Crippen LogP contribution in [0, 0.1) is 0 Å². The van der Waals surface area contributed by atoms with Crippen molar-refractivity contribution >= 4 is 23.5 Å². The van der Waals surface area contributed by atoms with Crippen LogP contribution < -0.4 is 5.73 Å². The molecule has 2 aromatic rings. The zero-order valence-corrected chi connectivity index (χ0v) is 12.3. The van der Waals surface area contributed by atoms with Crippen LogP contribution in [0.15, 0.2) is 54.6 Å². The molecule has 0 saturated heterocycles. The lowest BCUT2D eigenvalue weighted by atomic mass is 9.99. The number of hydrogen-bond donors (Lipinski definition) is 1. The van der Waals surface area contributed by atoms with Crippen LogP contribution >= 0.6 is 0 Å². The van der Waals surface area contributed by atoms with Gasteiger partial charge in [-0.1, -0.05) is 36.4 Å². The summed E-state index contributed by atoms with van der Waals surface area (Å²) in [5.74, 6) is -0.570. The Kier molecular flexibility index (Phi) is 5.09. The van der Waals surface area contributed by atoms with E-state index in [9.17, 15) is 9.59 Å². The van der Waals surface area contributed by atoms with Crippen molar-refractivity contribution in [3.63, 3.8) is 0 Å². The maximum atomic E-state index is 12.5. The summed E-state index contributed by atoms with van der Waals surface area (Å²) in [4.78, 5) is 23.8. The molecule has 0 aromatic heterocycles. The van der Waals surface area contributed by atoms with Crippen molar-refractivity contribution < 1.29 is 14.3 Å². The largest absolute Gasteiger partial charge is 0.463 e. The summed E-state index contributed by atoms with van der Waals surface area (Å²) in [7, 11) is 0. The monoisotopic (exact) mass is 295 g/mol. The summed E-state index contributed by atoms with van der Waals surface area (Å²) >= 11 is 0. The van der Waals surface area contributed by atoms with E-state index in [0.29, 0.717) is 29.0 Å². The first kappa shape index (κ1) is 15.5. The van der Waals surface area contributed by atoms with E-state index in [0.717, 1.165) is 0 Å². The molecule has 4 nitrogen and oxygen atoms in total. The molecule has 112 valence electrons. The number of nitrogens with two attached hydrogens (primary N) is 1. The average Bonchev–Trinajstić information content (AvgIpc) is 2.54. The lowest BCUT2D eigenvalue weighted by Gasteiger charge is -2.06. The maximum absolute atomic E-state index is 12.5. The molecule has 0 amide bonds. The highest BCUT2D eigenvalue weighted by atomic mass is 16.5. The van der Waals surface area contributed by atoms with E-state index in [1.807, 2.05) is 6.07 Å². The smallest absolute Gasteiger partial charge is 0.330 e. The van der Waals surface area contributed by atoms with Crippen molar-refractivity contribution in [2.75, 3.05) is 12.3 Å². The van der Waals surface area contributed by atoms with Crippen LogP contribution in [0.3, 0.4) is 0 Å². The number of ketones is 1. The van der Waals surface area contributed by atoms with Crippen LogP contribution in [-0.2, 0) is 9.53 Å². The van der Waals surface area contributed by atoms with Crippen LogP contribution in [-0.4, -0.2) is 18.4 Å². The first-order valence-corrected chi connectivity index (χ1v) is 6.96. The van der Waals surface area contributed by atoms with Crippen molar-refractivity contribution in [3.8, 4) is 0 Å². The SMILES string of the molecule is CCOC(=O)C=Cc1ccc(N)c(C(=O)c2ccccc2)c1. The second kappa shape index (κ2) is 7.22. The van der Waals surface area contributed by atoms with E-state index < -0.39 is 5.97 Å². The van der Waals surface area contributed by atoms with Gasteiger partial charge in [0.15, 0.2) is 5.78 Å². The topological polar surface area (TPSA) is 69.4 Å². The van der Waals surface area contributed by atoms with Gasteiger partial charge in [-0.3, -0.25) is 4.79 Å². The molecule has 0 unspecified atom stereocenters. The minimum absolute atomic E-state index is 0.149. The molecule has 0 heterocycles. The predicted octanol–water partition coefficient (Wildman–Crippen LogP) is 3.08. The number of carbonyl (C=O) groups excluding carboxylic acids is 2. The fourth-order valence-electron chi connectivity index (χ4n) is 1.97. The highest BCUT2D eigenvalue weighted by Crippen LogP contribution is 2.19. The molecule has 2 aromatic carbocycles. The van der Waals surface area contributed by atoms with E-state index in [4.69, 9.17) is 10.5 Å². The summed E-state index contributed by atoms with van der Waals surface area (Å²) in [6.45, 7) is 2.06. The normalized spacial score (nSPS) is 10.6. The Morgan fingerprint density at radius 2 is 1.86 bits per heavy atom. The van der Waals surface area contributed by atoms with Gasteiger partial charge in [0.25, 0.3) is 0 Å². The van der Waals surface area contributed by atoms with E-state index in [1.165, 1.54) is 6.08 Å². The van der Waals surface area contributed by atoms with E-state index >= 15 is 0 Å².